The fraction of sp³-hybridized carbons (Fsp3) is 0.100. The van der Waals surface area contributed by atoms with Gasteiger partial charge in [-0.05, 0) is 36.4 Å². The smallest absolute Gasteiger partial charge is 0.306 e. The van der Waals surface area contributed by atoms with E-state index in [1.807, 2.05) is 12.1 Å². The lowest BCUT2D eigenvalue weighted by Crippen LogP contribution is -2.42. The number of nitrogens with one attached hydrogen (secondary N) is 1. The summed E-state index contributed by atoms with van der Waals surface area (Å²) < 4.78 is 39.4. The van der Waals surface area contributed by atoms with Gasteiger partial charge in [0.2, 0.25) is 0 Å². The van der Waals surface area contributed by atoms with E-state index in [4.69, 9.17) is 0 Å². The van der Waals surface area contributed by atoms with Crippen molar-refractivity contribution in [1.29, 1.82) is 0 Å². The van der Waals surface area contributed by atoms with Crippen LogP contribution in [0.25, 0.3) is 0 Å². The van der Waals surface area contributed by atoms with Gasteiger partial charge >= 0.3 is 6.18 Å². The van der Waals surface area contributed by atoms with Gasteiger partial charge in [-0.25, -0.2) is 0 Å². The average Bonchev–Trinajstić information content (AvgIpc) is 2.68. The Kier molecular flexibility index (Phi) is 5.49. The van der Waals surface area contributed by atoms with Crippen LogP contribution in [0.4, 0.5) is 24.5 Å². The molecule has 0 bridgehead atoms. The van der Waals surface area contributed by atoms with Crippen LogP contribution in [0.5, 0.6) is 0 Å². The summed E-state index contributed by atoms with van der Waals surface area (Å²) in [7, 11) is 0. The summed E-state index contributed by atoms with van der Waals surface area (Å²) in [5.41, 5.74) is 1.36. The molecule has 1 N–H and O–H groups in total. The van der Waals surface area contributed by atoms with Gasteiger partial charge in [0, 0.05) is 6.20 Å². The highest BCUT2D eigenvalue weighted by Gasteiger charge is 2.34. The van der Waals surface area contributed by atoms with E-state index in [1.165, 1.54) is 5.01 Å². The van der Waals surface area contributed by atoms with Crippen LogP contribution in [0, 0.1) is 0 Å². The number of nitrogens with zero attached hydrogens (tertiary/aromatic N) is 2. The summed E-state index contributed by atoms with van der Waals surface area (Å²) in [5.74, 6) is -0.644. The largest absolute Gasteiger partial charge is 0.421 e. The van der Waals surface area contributed by atoms with Crippen LogP contribution in [0.15, 0.2) is 83.8 Å². The summed E-state index contributed by atoms with van der Waals surface area (Å²) in [6, 6.07) is 19.6. The van der Waals surface area contributed by atoms with Gasteiger partial charge in [-0.15, -0.1) is 0 Å². The molecule has 2 aromatic carbocycles. The molecule has 0 aliphatic rings. The number of pyridine rings is 1. The van der Waals surface area contributed by atoms with Crippen molar-refractivity contribution in [3.05, 3.63) is 94.9 Å². The van der Waals surface area contributed by atoms with Crippen LogP contribution in [0.3, 0.4) is 0 Å². The van der Waals surface area contributed by atoms with Gasteiger partial charge in [0.1, 0.15) is 12.1 Å². The Morgan fingerprint density at radius 2 is 1.43 bits per heavy atom. The quantitative estimate of drug-likeness (QED) is 0.679. The SMILES string of the molecule is O=C(Cn1cccc(C(F)(F)F)c1=O)NN(c1ccccc1)c1ccccc1. The Balaban J connectivity index is 1.85. The van der Waals surface area contributed by atoms with Crippen LogP contribution in [-0.2, 0) is 17.5 Å². The Hall–Kier alpha value is -3.55. The molecule has 1 aromatic heterocycles. The number of benzene rings is 2. The Morgan fingerprint density at radius 3 is 1.93 bits per heavy atom. The number of carbonyl (C=O) groups is 1. The number of aromatic nitrogens is 1. The number of amides is 1. The summed E-state index contributed by atoms with van der Waals surface area (Å²) in [5, 5.41) is 1.50. The van der Waals surface area contributed by atoms with Gasteiger partial charge in [0.15, 0.2) is 0 Å². The molecule has 28 heavy (non-hydrogen) atoms. The van der Waals surface area contributed by atoms with Crippen molar-refractivity contribution < 1.29 is 18.0 Å². The first-order valence-corrected chi connectivity index (χ1v) is 8.32. The molecule has 0 saturated carbocycles. The van der Waals surface area contributed by atoms with E-state index in [1.54, 1.807) is 48.5 Å². The monoisotopic (exact) mass is 387 g/mol. The predicted molar refractivity (Wildman–Crippen MR) is 98.9 cm³/mol. The molecule has 0 unspecified atom stereocenters. The normalized spacial score (nSPS) is 11.1. The number of hydrogen-bond acceptors (Lipinski definition) is 3. The number of rotatable bonds is 5. The molecule has 0 atom stereocenters. The Bertz CT molecular complexity index is 963. The van der Waals surface area contributed by atoms with E-state index in [9.17, 15) is 22.8 Å². The van der Waals surface area contributed by atoms with Crippen molar-refractivity contribution in [2.45, 2.75) is 12.7 Å². The number of hydrazine groups is 1. The lowest BCUT2D eigenvalue weighted by atomic mass is 10.2. The van der Waals surface area contributed by atoms with E-state index >= 15 is 0 Å². The maximum Gasteiger partial charge on any atom is 0.421 e. The molecule has 5 nitrogen and oxygen atoms in total. The second-order valence-electron chi connectivity index (χ2n) is 5.89. The molecule has 0 aliphatic heterocycles. The molecule has 0 saturated heterocycles. The third-order valence-corrected chi connectivity index (χ3v) is 3.90. The number of anilines is 2. The Morgan fingerprint density at radius 1 is 0.893 bits per heavy atom. The summed E-state index contributed by atoms with van der Waals surface area (Å²) in [6.45, 7) is -0.557. The predicted octanol–water partition coefficient (Wildman–Crippen LogP) is 3.74. The third kappa shape index (κ3) is 4.40. The van der Waals surface area contributed by atoms with Crippen molar-refractivity contribution in [1.82, 2.24) is 9.99 Å². The minimum atomic E-state index is -4.78. The van der Waals surface area contributed by atoms with Crippen molar-refractivity contribution in [3.63, 3.8) is 0 Å². The molecule has 1 amide bonds. The lowest BCUT2D eigenvalue weighted by Gasteiger charge is -2.25. The molecule has 1 heterocycles. The first kappa shape index (κ1) is 19.2. The van der Waals surface area contributed by atoms with Gasteiger partial charge in [-0.3, -0.25) is 20.0 Å². The fourth-order valence-corrected chi connectivity index (χ4v) is 2.62. The van der Waals surface area contributed by atoms with Crippen molar-refractivity contribution >= 4 is 17.3 Å². The molecule has 0 aliphatic carbocycles. The minimum absolute atomic E-state index is 0.557. The zero-order valence-corrected chi connectivity index (χ0v) is 14.6. The van der Waals surface area contributed by atoms with Gasteiger partial charge < -0.3 is 4.57 Å². The lowest BCUT2D eigenvalue weighted by molar-refractivity contribution is -0.139. The highest BCUT2D eigenvalue weighted by Crippen LogP contribution is 2.26. The second-order valence-corrected chi connectivity index (χ2v) is 5.89. The zero-order chi connectivity index (χ0) is 20.1. The van der Waals surface area contributed by atoms with Crippen molar-refractivity contribution in [3.8, 4) is 0 Å². The topological polar surface area (TPSA) is 54.3 Å². The van der Waals surface area contributed by atoms with Crippen molar-refractivity contribution in [2.24, 2.45) is 0 Å². The average molecular weight is 387 g/mol. The number of alkyl halides is 3. The van der Waals surface area contributed by atoms with Crippen LogP contribution in [0.1, 0.15) is 5.56 Å². The molecule has 0 radical (unpaired) electrons. The van der Waals surface area contributed by atoms with E-state index in [-0.39, 0.29) is 0 Å². The van der Waals surface area contributed by atoms with E-state index < -0.39 is 29.8 Å². The maximum atomic E-state index is 12.9. The number of carbonyl (C=O) groups excluding carboxylic acids is 1. The van der Waals surface area contributed by atoms with Crippen LogP contribution in [-0.4, -0.2) is 10.5 Å². The number of halogens is 3. The third-order valence-electron chi connectivity index (χ3n) is 3.90. The molecule has 3 aromatic rings. The van der Waals surface area contributed by atoms with E-state index in [0.717, 1.165) is 16.8 Å². The first-order valence-electron chi connectivity index (χ1n) is 8.32. The molecule has 144 valence electrons. The van der Waals surface area contributed by atoms with E-state index in [2.05, 4.69) is 5.43 Å². The summed E-state index contributed by atoms with van der Waals surface area (Å²) in [4.78, 5) is 24.5. The first-order chi connectivity index (χ1) is 13.4. The van der Waals surface area contributed by atoms with Crippen LogP contribution >= 0.6 is 0 Å². The van der Waals surface area contributed by atoms with E-state index in [0.29, 0.717) is 17.4 Å². The second kappa shape index (κ2) is 7.99. The maximum absolute atomic E-state index is 12.9. The fourth-order valence-electron chi connectivity index (χ4n) is 2.62. The number of para-hydroxylation sites is 2. The van der Waals surface area contributed by atoms with Gasteiger partial charge in [-0.1, -0.05) is 36.4 Å². The molecule has 0 spiro atoms. The molecule has 0 fully saturated rings. The Labute approximate surface area is 158 Å². The summed E-state index contributed by atoms with van der Waals surface area (Å²) in [6.07, 6.45) is -3.64. The molecule has 3 rings (SSSR count). The van der Waals surface area contributed by atoms with Gasteiger partial charge in [-0.2, -0.15) is 13.2 Å². The van der Waals surface area contributed by atoms with Crippen LogP contribution < -0.4 is 16.0 Å². The van der Waals surface area contributed by atoms with Gasteiger partial charge in [0.05, 0.1) is 11.4 Å². The molecular weight excluding hydrogens is 371 g/mol. The standard InChI is InChI=1S/C20H16F3N3O2/c21-20(22,23)17-12-7-13-25(19(17)28)14-18(27)24-26(15-8-3-1-4-9-15)16-10-5-2-6-11-16/h1-13H,14H2,(H,24,27). The van der Waals surface area contributed by atoms with Gasteiger partial charge in [0.25, 0.3) is 11.5 Å². The zero-order valence-electron chi connectivity index (χ0n) is 14.6. The molecular formula is C20H16F3N3O2. The van der Waals surface area contributed by atoms with Crippen molar-refractivity contribution in [2.75, 3.05) is 5.01 Å². The number of hydrogen-bond donors (Lipinski definition) is 1. The molecule has 8 heteroatoms. The van der Waals surface area contributed by atoms with Crippen LogP contribution in [0.2, 0.25) is 0 Å². The summed E-state index contributed by atoms with van der Waals surface area (Å²) >= 11 is 0. The highest BCUT2D eigenvalue weighted by molar-refractivity contribution is 5.80. The minimum Gasteiger partial charge on any atom is -0.306 e. The highest BCUT2D eigenvalue weighted by atomic mass is 19.4.